The first kappa shape index (κ1) is 11.2. The monoisotopic (exact) mass is 210 g/mol. The number of carboxylic acid groups (broad SMARTS) is 1. The van der Waals surface area contributed by atoms with E-state index in [1.54, 1.807) is 6.92 Å². The summed E-state index contributed by atoms with van der Waals surface area (Å²) in [5.41, 5.74) is 0.440. The maximum atomic E-state index is 13.1. The molecule has 0 aliphatic heterocycles. The SMILES string of the molecule is C=C(C)COc1ccc(C(=O)O)c(F)c1. The molecule has 0 fully saturated rings. The van der Waals surface area contributed by atoms with E-state index in [1.807, 2.05) is 0 Å². The summed E-state index contributed by atoms with van der Waals surface area (Å²) in [6, 6.07) is 3.63. The molecular formula is C11H11FO3. The summed E-state index contributed by atoms with van der Waals surface area (Å²) < 4.78 is 18.3. The van der Waals surface area contributed by atoms with Gasteiger partial charge < -0.3 is 9.84 Å². The maximum absolute atomic E-state index is 13.1. The molecule has 0 spiro atoms. The normalized spacial score (nSPS) is 9.73. The molecule has 0 saturated carbocycles. The van der Waals surface area contributed by atoms with Crippen molar-refractivity contribution in [3.8, 4) is 5.75 Å². The van der Waals surface area contributed by atoms with Gasteiger partial charge in [0.2, 0.25) is 0 Å². The number of ether oxygens (including phenoxy) is 1. The number of carboxylic acids is 1. The van der Waals surface area contributed by atoms with Crippen LogP contribution in [0.1, 0.15) is 17.3 Å². The first-order valence-corrected chi connectivity index (χ1v) is 4.30. The highest BCUT2D eigenvalue weighted by molar-refractivity contribution is 5.88. The van der Waals surface area contributed by atoms with Gasteiger partial charge in [-0.15, -0.1) is 0 Å². The van der Waals surface area contributed by atoms with Crippen molar-refractivity contribution < 1.29 is 19.0 Å². The zero-order valence-electron chi connectivity index (χ0n) is 8.29. The number of hydrogen-bond acceptors (Lipinski definition) is 2. The molecule has 15 heavy (non-hydrogen) atoms. The van der Waals surface area contributed by atoms with Gasteiger partial charge >= 0.3 is 5.97 Å². The topological polar surface area (TPSA) is 46.5 Å². The molecule has 1 aromatic rings. The fourth-order valence-electron chi connectivity index (χ4n) is 0.966. The van der Waals surface area contributed by atoms with Crippen LogP contribution >= 0.6 is 0 Å². The van der Waals surface area contributed by atoms with Crippen LogP contribution in [0.15, 0.2) is 30.4 Å². The van der Waals surface area contributed by atoms with E-state index in [0.717, 1.165) is 11.6 Å². The molecule has 0 radical (unpaired) electrons. The summed E-state index contributed by atoms with van der Waals surface area (Å²) in [5, 5.41) is 8.58. The smallest absolute Gasteiger partial charge is 0.338 e. The Morgan fingerprint density at radius 1 is 1.60 bits per heavy atom. The van der Waals surface area contributed by atoms with Crippen LogP contribution in [0.3, 0.4) is 0 Å². The molecule has 0 aromatic heterocycles. The minimum absolute atomic E-state index is 0.284. The van der Waals surface area contributed by atoms with Crippen molar-refractivity contribution in [1.29, 1.82) is 0 Å². The Labute approximate surface area is 86.8 Å². The van der Waals surface area contributed by atoms with Gasteiger partial charge in [-0.05, 0) is 24.6 Å². The molecule has 1 rings (SSSR count). The molecule has 0 bridgehead atoms. The van der Waals surface area contributed by atoms with Crippen molar-refractivity contribution in [2.24, 2.45) is 0 Å². The zero-order chi connectivity index (χ0) is 11.4. The van der Waals surface area contributed by atoms with Gasteiger partial charge in [0.15, 0.2) is 0 Å². The average molecular weight is 210 g/mol. The van der Waals surface area contributed by atoms with Gasteiger partial charge in [-0.1, -0.05) is 6.58 Å². The Balaban J connectivity index is 2.82. The number of aromatic carboxylic acids is 1. The van der Waals surface area contributed by atoms with Gasteiger partial charge in [0.05, 0.1) is 5.56 Å². The van der Waals surface area contributed by atoms with Gasteiger partial charge in [0.1, 0.15) is 18.2 Å². The third-order valence-electron chi connectivity index (χ3n) is 1.66. The Hall–Kier alpha value is -1.84. The van der Waals surface area contributed by atoms with E-state index in [1.165, 1.54) is 12.1 Å². The number of halogens is 1. The van der Waals surface area contributed by atoms with Crippen molar-refractivity contribution in [3.63, 3.8) is 0 Å². The predicted octanol–water partition coefficient (Wildman–Crippen LogP) is 2.48. The highest BCUT2D eigenvalue weighted by atomic mass is 19.1. The van der Waals surface area contributed by atoms with Gasteiger partial charge in [0.25, 0.3) is 0 Å². The van der Waals surface area contributed by atoms with Crippen LogP contribution in [0.25, 0.3) is 0 Å². The second-order valence-electron chi connectivity index (χ2n) is 3.19. The minimum atomic E-state index is -1.29. The third-order valence-corrected chi connectivity index (χ3v) is 1.66. The van der Waals surface area contributed by atoms with Gasteiger partial charge in [-0.25, -0.2) is 9.18 Å². The summed E-state index contributed by atoms with van der Waals surface area (Å²) in [4.78, 5) is 10.5. The van der Waals surface area contributed by atoms with Crippen LogP contribution in [0.2, 0.25) is 0 Å². The fraction of sp³-hybridized carbons (Fsp3) is 0.182. The Morgan fingerprint density at radius 2 is 2.27 bits per heavy atom. The number of benzene rings is 1. The lowest BCUT2D eigenvalue weighted by Gasteiger charge is -2.06. The van der Waals surface area contributed by atoms with Crippen LogP contribution in [0, 0.1) is 5.82 Å². The second kappa shape index (κ2) is 4.59. The molecule has 1 N–H and O–H groups in total. The molecule has 0 amide bonds. The summed E-state index contributed by atoms with van der Waals surface area (Å²) in [5.74, 6) is -1.80. The molecule has 1 aromatic carbocycles. The van der Waals surface area contributed by atoms with Crippen molar-refractivity contribution in [2.75, 3.05) is 6.61 Å². The van der Waals surface area contributed by atoms with Gasteiger partial charge in [-0.2, -0.15) is 0 Å². The lowest BCUT2D eigenvalue weighted by atomic mass is 10.2. The second-order valence-corrected chi connectivity index (χ2v) is 3.19. The number of carbonyl (C=O) groups is 1. The van der Waals surface area contributed by atoms with Crippen LogP contribution in [-0.4, -0.2) is 17.7 Å². The summed E-state index contributed by atoms with van der Waals surface area (Å²) in [6.45, 7) is 5.69. The first-order valence-electron chi connectivity index (χ1n) is 4.30. The average Bonchev–Trinajstić information content (AvgIpc) is 2.14. The van der Waals surface area contributed by atoms with E-state index in [2.05, 4.69) is 6.58 Å². The summed E-state index contributed by atoms with van der Waals surface area (Å²) in [7, 11) is 0. The predicted molar refractivity (Wildman–Crippen MR) is 53.7 cm³/mol. The van der Waals surface area contributed by atoms with Crippen molar-refractivity contribution >= 4 is 5.97 Å². The quantitative estimate of drug-likeness (QED) is 0.776. The van der Waals surface area contributed by atoms with E-state index in [-0.39, 0.29) is 12.2 Å². The van der Waals surface area contributed by atoms with E-state index in [4.69, 9.17) is 9.84 Å². The van der Waals surface area contributed by atoms with E-state index in [9.17, 15) is 9.18 Å². The van der Waals surface area contributed by atoms with Crippen molar-refractivity contribution in [3.05, 3.63) is 41.7 Å². The lowest BCUT2D eigenvalue weighted by Crippen LogP contribution is -2.02. The molecular weight excluding hydrogens is 199 g/mol. The first-order chi connectivity index (χ1) is 7.00. The largest absolute Gasteiger partial charge is 0.489 e. The van der Waals surface area contributed by atoms with Gasteiger partial charge in [0, 0.05) is 6.07 Å². The molecule has 0 saturated heterocycles. The molecule has 3 nitrogen and oxygen atoms in total. The highest BCUT2D eigenvalue weighted by Crippen LogP contribution is 2.17. The third kappa shape index (κ3) is 3.09. The van der Waals surface area contributed by atoms with Crippen LogP contribution in [0.5, 0.6) is 5.75 Å². The van der Waals surface area contributed by atoms with Crippen LogP contribution in [0.4, 0.5) is 4.39 Å². The standard InChI is InChI=1S/C11H11FO3/c1-7(2)6-15-8-3-4-9(11(13)14)10(12)5-8/h3-5H,1,6H2,2H3,(H,13,14). The molecule has 80 valence electrons. The maximum Gasteiger partial charge on any atom is 0.338 e. The molecule has 4 heteroatoms. The fourth-order valence-corrected chi connectivity index (χ4v) is 0.966. The highest BCUT2D eigenvalue weighted by Gasteiger charge is 2.10. The molecule has 0 aliphatic carbocycles. The Bertz CT molecular complexity index is 399. The van der Waals surface area contributed by atoms with Crippen molar-refractivity contribution in [1.82, 2.24) is 0 Å². The molecule has 0 heterocycles. The molecule has 0 aliphatic rings. The van der Waals surface area contributed by atoms with Crippen LogP contribution in [-0.2, 0) is 0 Å². The number of hydrogen-bond donors (Lipinski definition) is 1. The van der Waals surface area contributed by atoms with Gasteiger partial charge in [-0.3, -0.25) is 0 Å². The van der Waals surface area contributed by atoms with Crippen molar-refractivity contribution in [2.45, 2.75) is 6.92 Å². The Kier molecular flexibility index (Phi) is 3.44. The number of rotatable bonds is 4. The summed E-state index contributed by atoms with van der Waals surface area (Å²) >= 11 is 0. The Morgan fingerprint density at radius 3 is 2.73 bits per heavy atom. The van der Waals surface area contributed by atoms with E-state index in [0.29, 0.717) is 5.75 Å². The van der Waals surface area contributed by atoms with E-state index < -0.39 is 11.8 Å². The minimum Gasteiger partial charge on any atom is -0.489 e. The van der Waals surface area contributed by atoms with Crippen LogP contribution < -0.4 is 4.74 Å². The van der Waals surface area contributed by atoms with E-state index >= 15 is 0 Å². The lowest BCUT2D eigenvalue weighted by molar-refractivity contribution is 0.0692. The molecule has 0 unspecified atom stereocenters. The summed E-state index contributed by atoms with van der Waals surface area (Å²) in [6.07, 6.45) is 0. The zero-order valence-corrected chi connectivity index (χ0v) is 8.29. The molecule has 0 atom stereocenters.